The summed E-state index contributed by atoms with van der Waals surface area (Å²) >= 11 is 1.28. The monoisotopic (exact) mass is 637 g/mol. The number of amides is 1. The summed E-state index contributed by atoms with van der Waals surface area (Å²) in [6, 6.07) is 0. The van der Waals surface area contributed by atoms with Crippen LogP contribution in [0.5, 0.6) is 0 Å². The number of β-lactam (4-membered cyclic amide) rings is 1. The van der Waals surface area contributed by atoms with Crippen LogP contribution in [0, 0.1) is 18.8 Å². The van der Waals surface area contributed by atoms with Gasteiger partial charge in [-0.15, -0.1) is 11.3 Å². The van der Waals surface area contributed by atoms with E-state index >= 15 is 0 Å². The highest BCUT2D eigenvalue weighted by atomic mass is 32.2. The van der Waals surface area contributed by atoms with E-state index in [0.717, 1.165) is 10.5 Å². The molecule has 0 spiro atoms. The quantitative estimate of drug-likeness (QED) is 0.0663. The second-order valence-corrected chi connectivity index (χ2v) is 14.3. The molecule has 4 rings (SSSR count). The second kappa shape index (κ2) is 12.6. The van der Waals surface area contributed by atoms with E-state index < -0.39 is 75.4 Å². The fourth-order valence-electron chi connectivity index (χ4n) is 5.05. The van der Waals surface area contributed by atoms with Crippen LogP contribution < -0.4 is 0 Å². The average Bonchev–Trinajstić information content (AvgIpc) is 3.46. The summed E-state index contributed by atoms with van der Waals surface area (Å²) in [4.78, 5) is 75.3. The van der Waals surface area contributed by atoms with Crippen molar-refractivity contribution in [3.63, 3.8) is 0 Å². The first-order valence-corrected chi connectivity index (χ1v) is 16.0. The minimum atomic E-state index is -2.03. The summed E-state index contributed by atoms with van der Waals surface area (Å²) in [5.41, 5.74) is -1.74. The van der Waals surface area contributed by atoms with Gasteiger partial charge in [-0.3, -0.25) is 28.3 Å². The first-order valence-electron chi connectivity index (χ1n) is 13.7. The predicted molar refractivity (Wildman–Crippen MR) is 154 cm³/mol. The molecule has 1 aromatic rings. The normalized spacial score (nSPS) is 26.5. The number of carbonyl (C=O) groups is 5. The van der Waals surface area contributed by atoms with E-state index in [1.165, 1.54) is 11.3 Å². The Bertz CT molecular complexity index is 1410. The van der Waals surface area contributed by atoms with Gasteiger partial charge in [-0.05, 0) is 47.6 Å². The lowest BCUT2D eigenvalue weighted by molar-refractivity contribution is -0.222. The number of hydrogen-bond donors (Lipinski definition) is 0. The molecule has 15 heteroatoms. The fraction of sp³-hybridized carbons (Fsp3) is 0.607. The molecule has 3 fully saturated rings. The SMILES string of the molecule is CC(C)=CCOC(=O)[C@]12OC(=O)C[C@H]1C[S@](=O)[C@@H]1[C@H](CC(=O)/C(=N\OCCC(=O)OC(C)(C)C)c3csc(C)n3)C(=O)N12. The number of fused-ring (bicyclic) bond motifs is 3. The fourth-order valence-corrected chi connectivity index (χ4v) is 7.66. The highest BCUT2D eigenvalue weighted by Gasteiger charge is 2.73. The Hall–Kier alpha value is -3.46. The maximum absolute atomic E-state index is 13.5. The third-order valence-electron chi connectivity index (χ3n) is 6.88. The number of aromatic nitrogens is 1. The number of ketones is 1. The van der Waals surface area contributed by atoms with Crippen LogP contribution in [0.15, 0.2) is 22.2 Å². The Kier molecular flexibility index (Phi) is 9.54. The number of nitrogens with zero attached hydrogens (tertiary/aromatic N) is 3. The molecule has 0 radical (unpaired) electrons. The van der Waals surface area contributed by atoms with Crippen LogP contribution in [0.4, 0.5) is 0 Å². The van der Waals surface area contributed by atoms with Crippen molar-refractivity contribution < 1.29 is 47.2 Å². The van der Waals surface area contributed by atoms with Crippen LogP contribution in [-0.4, -0.2) is 85.1 Å². The number of aryl methyl sites for hydroxylation is 1. The number of ether oxygens (including phenoxy) is 3. The van der Waals surface area contributed by atoms with Gasteiger partial charge in [0.15, 0.2) is 11.5 Å². The first kappa shape index (κ1) is 32.5. The Morgan fingerprint density at radius 3 is 2.63 bits per heavy atom. The molecule has 43 heavy (non-hydrogen) atoms. The molecule has 3 aliphatic heterocycles. The van der Waals surface area contributed by atoms with E-state index in [4.69, 9.17) is 19.0 Å². The van der Waals surface area contributed by atoms with Crippen LogP contribution in [0.1, 0.15) is 64.6 Å². The summed E-state index contributed by atoms with van der Waals surface area (Å²) in [6.45, 7) is 10.3. The smallest absolute Gasteiger partial charge is 0.373 e. The molecule has 0 unspecified atom stereocenters. The molecule has 0 saturated carbocycles. The molecule has 13 nitrogen and oxygen atoms in total. The molecule has 0 bridgehead atoms. The largest absolute Gasteiger partial charge is 0.460 e. The number of allylic oxidation sites excluding steroid dienone is 1. The maximum atomic E-state index is 13.5. The van der Waals surface area contributed by atoms with Crippen molar-refractivity contribution in [1.29, 1.82) is 0 Å². The minimum absolute atomic E-state index is 0.0807. The van der Waals surface area contributed by atoms with Crippen LogP contribution in [0.2, 0.25) is 0 Å². The topological polar surface area (TPSA) is 168 Å². The molecule has 3 aliphatic rings. The van der Waals surface area contributed by atoms with Gasteiger partial charge >= 0.3 is 17.9 Å². The number of Topliss-reactive ketones (excluding diaryl/α,β-unsaturated/α-hetero) is 1. The second-order valence-electron chi connectivity index (χ2n) is 11.7. The predicted octanol–water partition coefficient (Wildman–Crippen LogP) is 2.18. The van der Waals surface area contributed by atoms with Gasteiger partial charge in [-0.1, -0.05) is 10.7 Å². The van der Waals surface area contributed by atoms with E-state index in [1.807, 2.05) is 13.8 Å². The van der Waals surface area contributed by atoms with Crippen LogP contribution >= 0.6 is 11.3 Å². The number of esters is 3. The third-order valence-corrected chi connectivity index (χ3v) is 9.47. The van der Waals surface area contributed by atoms with Crippen molar-refractivity contribution in [2.75, 3.05) is 19.0 Å². The zero-order valence-corrected chi connectivity index (χ0v) is 26.5. The number of hydrogen-bond acceptors (Lipinski definition) is 13. The van der Waals surface area contributed by atoms with Crippen LogP contribution in [0.25, 0.3) is 0 Å². The molecule has 0 aromatic carbocycles. The molecule has 5 atom stereocenters. The van der Waals surface area contributed by atoms with Crippen LogP contribution in [-0.2, 0) is 53.8 Å². The lowest BCUT2D eigenvalue weighted by Gasteiger charge is -2.56. The van der Waals surface area contributed by atoms with Gasteiger partial charge in [0.1, 0.15) is 29.9 Å². The molecule has 0 N–H and O–H groups in total. The summed E-state index contributed by atoms with van der Waals surface area (Å²) in [5, 5.41) is 5.15. The van der Waals surface area contributed by atoms with Crippen molar-refractivity contribution in [1.82, 2.24) is 9.88 Å². The highest BCUT2D eigenvalue weighted by molar-refractivity contribution is 7.85. The van der Waals surface area contributed by atoms with E-state index in [1.54, 1.807) is 39.2 Å². The Balaban J connectivity index is 1.52. The van der Waals surface area contributed by atoms with Gasteiger partial charge in [0.05, 0.1) is 29.7 Å². The molecule has 1 amide bonds. The summed E-state index contributed by atoms with van der Waals surface area (Å²) < 4.78 is 29.4. The highest BCUT2D eigenvalue weighted by Crippen LogP contribution is 2.51. The standard InChI is InChI=1S/C28H35N3O10S2/c1-15(2)7-9-38-26(36)28-17(11-22(34)41-28)14-43(37)25-18(24(35)31(25)28)12-20(32)23(19-13-42-16(3)29-19)30-39-10-8-21(33)40-27(4,5)6/h7,13,17-18,25H,8-12,14H2,1-6H3/b30-23-/t17-,18+,25+,28+,43-/m0/s1. The molecule has 234 valence electrons. The lowest BCUT2D eigenvalue weighted by Crippen LogP contribution is -2.78. The van der Waals surface area contributed by atoms with Crippen LogP contribution in [0.3, 0.4) is 0 Å². The Morgan fingerprint density at radius 2 is 2.00 bits per heavy atom. The number of thiazole rings is 1. The number of rotatable bonds is 11. The first-order chi connectivity index (χ1) is 20.1. The molecular weight excluding hydrogens is 602 g/mol. The maximum Gasteiger partial charge on any atom is 0.373 e. The third kappa shape index (κ3) is 6.87. The van der Waals surface area contributed by atoms with E-state index in [2.05, 4.69) is 10.1 Å². The molecule has 4 heterocycles. The van der Waals surface area contributed by atoms with Gasteiger partial charge in [-0.25, -0.2) is 9.78 Å². The van der Waals surface area contributed by atoms with E-state index in [-0.39, 0.29) is 43.2 Å². The van der Waals surface area contributed by atoms with Crippen molar-refractivity contribution >= 4 is 57.4 Å². The number of oxime groups is 1. The lowest BCUT2D eigenvalue weighted by atomic mass is 9.84. The van der Waals surface area contributed by atoms with E-state index in [0.29, 0.717) is 5.01 Å². The van der Waals surface area contributed by atoms with Crippen molar-refractivity contribution in [3.8, 4) is 0 Å². The van der Waals surface area contributed by atoms with Gasteiger partial charge < -0.3 is 19.0 Å². The average molecular weight is 638 g/mol. The summed E-state index contributed by atoms with van der Waals surface area (Å²) in [7, 11) is -1.69. The Labute approximate surface area is 255 Å². The van der Waals surface area contributed by atoms with Crippen molar-refractivity contribution in [2.45, 2.75) is 77.5 Å². The molecule has 1 aromatic heterocycles. The van der Waals surface area contributed by atoms with Crippen molar-refractivity contribution in [2.24, 2.45) is 17.0 Å². The van der Waals surface area contributed by atoms with Gasteiger partial charge in [-0.2, -0.15) is 0 Å². The zero-order valence-electron chi connectivity index (χ0n) is 24.9. The molecule has 0 aliphatic carbocycles. The number of carbonyl (C=O) groups excluding carboxylic acids is 5. The van der Waals surface area contributed by atoms with Gasteiger partial charge in [0.2, 0.25) is 5.91 Å². The molecule has 3 saturated heterocycles. The van der Waals surface area contributed by atoms with Gasteiger partial charge in [0.25, 0.3) is 5.72 Å². The van der Waals surface area contributed by atoms with Crippen molar-refractivity contribution in [3.05, 3.63) is 27.7 Å². The zero-order chi connectivity index (χ0) is 31.7. The summed E-state index contributed by atoms with van der Waals surface area (Å²) in [6.07, 6.45) is 0.957. The summed E-state index contributed by atoms with van der Waals surface area (Å²) in [5.74, 6) is -5.38. The minimum Gasteiger partial charge on any atom is -0.460 e. The van der Waals surface area contributed by atoms with Gasteiger partial charge in [0, 0.05) is 28.4 Å². The molecular formula is C28H35N3O10S2. The van der Waals surface area contributed by atoms with E-state index in [9.17, 15) is 28.2 Å². The Morgan fingerprint density at radius 1 is 1.28 bits per heavy atom.